The van der Waals surface area contributed by atoms with Gasteiger partial charge in [-0.1, -0.05) is 0 Å². The number of hydrogen-bond donors (Lipinski definition) is 1. The van der Waals surface area contributed by atoms with Crippen LogP contribution in [0.2, 0.25) is 0 Å². The number of likely N-dealkylation sites (tertiary alicyclic amines) is 1. The van der Waals surface area contributed by atoms with Crippen LogP contribution in [-0.4, -0.2) is 50.3 Å². The molecule has 17 heavy (non-hydrogen) atoms. The minimum atomic E-state index is 0. The van der Waals surface area contributed by atoms with E-state index in [1.165, 1.54) is 45.4 Å². The second kappa shape index (κ2) is 6.93. The Morgan fingerprint density at radius 3 is 2.59 bits per heavy atom. The van der Waals surface area contributed by atoms with Crippen LogP contribution in [0.4, 0.5) is 0 Å². The van der Waals surface area contributed by atoms with Gasteiger partial charge >= 0.3 is 0 Å². The fourth-order valence-electron chi connectivity index (χ4n) is 3.00. The maximum atomic E-state index is 5.63. The third kappa shape index (κ3) is 4.40. The van der Waals surface area contributed by atoms with Crippen LogP contribution >= 0.6 is 12.4 Å². The number of ether oxygens (including phenoxy) is 1. The second-order valence-corrected chi connectivity index (χ2v) is 5.70. The third-order valence-electron chi connectivity index (χ3n) is 4.04. The van der Waals surface area contributed by atoms with Gasteiger partial charge in [0.25, 0.3) is 0 Å². The van der Waals surface area contributed by atoms with E-state index in [9.17, 15) is 0 Å². The number of piperidine rings is 1. The molecule has 2 aliphatic heterocycles. The average Bonchev–Trinajstić information content (AvgIpc) is 2.62. The summed E-state index contributed by atoms with van der Waals surface area (Å²) in [7, 11) is 0. The van der Waals surface area contributed by atoms with Crippen molar-refractivity contribution in [2.24, 2.45) is 5.41 Å². The molecule has 0 aliphatic carbocycles. The van der Waals surface area contributed by atoms with Crippen molar-refractivity contribution in [2.45, 2.75) is 39.2 Å². The van der Waals surface area contributed by atoms with Gasteiger partial charge in [0.15, 0.2) is 0 Å². The van der Waals surface area contributed by atoms with E-state index < -0.39 is 0 Å². The lowest BCUT2D eigenvalue weighted by molar-refractivity contribution is 0.0602. The molecule has 1 spiro atoms. The summed E-state index contributed by atoms with van der Waals surface area (Å²) in [6, 6.07) is 0. The molecule has 3 nitrogen and oxygen atoms in total. The van der Waals surface area contributed by atoms with Crippen molar-refractivity contribution in [3.8, 4) is 0 Å². The van der Waals surface area contributed by atoms with Crippen LogP contribution in [0.15, 0.2) is 0 Å². The van der Waals surface area contributed by atoms with E-state index in [0.29, 0.717) is 11.5 Å². The smallest absolute Gasteiger partial charge is 0.0596 e. The lowest BCUT2D eigenvalue weighted by Crippen LogP contribution is -2.39. The first-order valence-corrected chi connectivity index (χ1v) is 6.75. The number of nitrogens with zero attached hydrogens (tertiary/aromatic N) is 1. The van der Waals surface area contributed by atoms with Crippen molar-refractivity contribution in [1.82, 2.24) is 10.2 Å². The Hall–Kier alpha value is 0.170. The van der Waals surface area contributed by atoms with E-state index in [0.717, 1.165) is 13.2 Å². The Balaban J connectivity index is 0.00000144. The molecule has 1 N–H and O–H groups in total. The van der Waals surface area contributed by atoms with Crippen LogP contribution in [-0.2, 0) is 4.74 Å². The van der Waals surface area contributed by atoms with E-state index in [2.05, 4.69) is 24.1 Å². The molecule has 0 aromatic rings. The van der Waals surface area contributed by atoms with Crippen LogP contribution in [0.1, 0.15) is 33.1 Å². The van der Waals surface area contributed by atoms with Crippen molar-refractivity contribution in [2.75, 3.05) is 39.3 Å². The summed E-state index contributed by atoms with van der Waals surface area (Å²) in [5.74, 6) is 0. The quantitative estimate of drug-likeness (QED) is 0.838. The van der Waals surface area contributed by atoms with Crippen molar-refractivity contribution in [3.63, 3.8) is 0 Å². The molecule has 2 aliphatic rings. The number of rotatable bonds is 4. The van der Waals surface area contributed by atoms with Crippen molar-refractivity contribution in [3.05, 3.63) is 0 Å². The molecule has 2 saturated heterocycles. The molecule has 0 atom stereocenters. The average molecular weight is 263 g/mol. The Morgan fingerprint density at radius 2 is 1.94 bits per heavy atom. The van der Waals surface area contributed by atoms with Crippen molar-refractivity contribution < 1.29 is 4.74 Å². The molecule has 0 aromatic carbocycles. The molecule has 0 amide bonds. The zero-order chi connectivity index (χ0) is 11.4. The summed E-state index contributed by atoms with van der Waals surface area (Å²) in [4.78, 5) is 2.59. The number of nitrogens with one attached hydrogen (secondary N) is 1. The molecular formula is C13H27ClN2O. The van der Waals surface area contributed by atoms with Crippen LogP contribution in [0.3, 0.4) is 0 Å². The van der Waals surface area contributed by atoms with Gasteiger partial charge in [-0.3, -0.25) is 0 Å². The minimum absolute atomic E-state index is 0. The van der Waals surface area contributed by atoms with Crippen LogP contribution < -0.4 is 5.32 Å². The molecule has 2 rings (SSSR count). The zero-order valence-corrected chi connectivity index (χ0v) is 12.0. The predicted molar refractivity (Wildman–Crippen MR) is 73.9 cm³/mol. The van der Waals surface area contributed by atoms with Gasteiger partial charge in [0.1, 0.15) is 0 Å². The highest BCUT2D eigenvalue weighted by atomic mass is 35.5. The highest BCUT2D eigenvalue weighted by molar-refractivity contribution is 5.85. The highest BCUT2D eigenvalue weighted by Gasteiger charge is 2.38. The third-order valence-corrected chi connectivity index (χ3v) is 4.04. The highest BCUT2D eigenvalue weighted by Crippen LogP contribution is 2.38. The molecule has 102 valence electrons. The Kier molecular flexibility index (Phi) is 6.21. The molecule has 0 bridgehead atoms. The molecule has 4 heteroatoms. The summed E-state index contributed by atoms with van der Waals surface area (Å²) in [6.07, 6.45) is 4.51. The molecule has 0 unspecified atom stereocenters. The first-order chi connectivity index (χ1) is 7.70. The summed E-state index contributed by atoms with van der Waals surface area (Å²) in [6.45, 7) is 11.3. The zero-order valence-electron chi connectivity index (χ0n) is 11.2. The normalized spacial score (nSPS) is 24.2. The Labute approximate surface area is 112 Å². The Bertz CT molecular complexity index is 217. The number of hydrogen-bond acceptors (Lipinski definition) is 3. The SMILES string of the molecule is CC(C)OCCN1CCC2(CCNCC2)C1.Cl. The van der Waals surface area contributed by atoms with Gasteiger partial charge in [-0.25, -0.2) is 0 Å². The Morgan fingerprint density at radius 1 is 1.24 bits per heavy atom. The van der Waals surface area contributed by atoms with Crippen LogP contribution in [0, 0.1) is 5.41 Å². The van der Waals surface area contributed by atoms with Gasteiger partial charge in [0.2, 0.25) is 0 Å². The first kappa shape index (κ1) is 15.2. The first-order valence-electron chi connectivity index (χ1n) is 6.75. The largest absolute Gasteiger partial charge is 0.377 e. The van der Waals surface area contributed by atoms with E-state index in [1.807, 2.05) is 0 Å². The van der Waals surface area contributed by atoms with E-state index in [4.69, 9.17) is 4.74 Å². The topological polar surface area (TPSA) is 24.5 Å². The van der Waals surface area contributed by atoms with E-state index >= 15 is 0 Å². The van der Waals surface area contributed by atoms with Crippen molar-refractivity contribution in [1.29, 1.82) is 0 Å². The fourth-order valence-corrected chi connectivity index (χ4v) is 3.00. The molecular weight excluding hydrogens is 236 g/mol. The van der Waals surface area contributed by atoms with E-state index in [-0.39, 0.29) is 12.4 Å². The summed E-state index contributed by atoms with van der Waals surface area (Å²) < 4.78 is 5.63. The summed E-state index contributed by atoms with van der Waals surface area (Å²) >= 11 is 0. The standard InChI is InChI=1S/C13H26N2O.ClH/c1-12(2)16-10-9-15-8-5-13(11-15)3-6-14-7-4-13;/h12,14H,3-11H2,1-2H3;1H. The maximum Gasteiger partial charge on any atom is 0.0596 e. The molecule has 0 saturated carbocycles. The predicted octanol–water partition coefficient (Wildman–Crippen LogP) is 1.91. The van der Waals surface area contributed by atoms with Crippen LogP contribution in [0.25, 0.3) is 0 Å². The van der Waals surface area contributed by atoms with Gasteiger partial charge in [0.05, 0.1) is 12.7 Å². The van der Waals surface area contributed by atoms with Gasteiger partial charge in [0, 0.05) is 13.1 Å². The van der Waals surface area contributed by atoms with Gasteiger partial charge in [-0.15, -0.1) is 12.4 Å². The van der Waals surface area contributed by atoms with E-state index in [1.54, 1.807) is 0 Å². The minimum Gasteiger partial charge on any atom is -0.377 e. The molecule has 0 aromatic heterocycles. The van der Waals surface area contributed by atoms with Crippen molar-refractivity contribution >= 4 is 12.4 Å². The van der Waals surface area contributed by atoms with Gasteiger partial charge in [-0.2, -0.15) is 0 Å². The molecule has 0 radical (unpaired) electrons. The monoisotopic (exact) mass is 262 g/mol. The fraction of sp³-hybridized carbons (Fsp3) is 1.00. The van der Waals surface area contributed by atoms with Crippen LogP contribution in [0.5, 0.6) is 0 Å². The second-order valence-electron chi connectivity index (χ2n) is 5.70. The summed E-state index contributed by atoms with van der Waals surface area (Å²) in [5, 5.41) is 3.47. The summed E-state index contributed by atoms with van der Waals surface area (Å²) in [5.41, 5.74) is 0.642. The number of halogens is 1. The lowest BCUT2D eigenvalue weighted by atomic mass is 9.78. The van der Waals surface area contributed by atoms with Gasteiger partial charge in [-0.05, 0) is 58.2 Å². The molecule has 2 heterocycles. The maximum absolute atomic E-state index is 5.63. The lowest BCUT2D eigenvalue weighted by Gasteiger charge is -2.33. The molecule has 2 fully saturated rings. The van der Waals surface area contributed by atoms with Gasteiger partial charge < -0.3 is 15.0 Å².